The van der Waals surface area contributed by atoms with Crippen molar-refractivity contribution in [2.75, 3.05) is 11.9 Å². The van der Waals surface area contributed by atoms with Crippen molar-refractivity contribution in [1.82, 2.24) is 9.97 Å². The van der Waals surface area contributed by atoms with Crippen LogP contribution in [0.5, 0.6) is 0 Å². The maximum atomic E-state index is 10.1. The molecule has 0 amide bonds. The Balaban J connectivity index is 1.63. The van der Waals surface area contributed by atoms with Crippen LogP contribution in [-0.4, -0.2) is 21.6 Å². The van der Waals surface area contributed by atoms with Gasteiger partial charge in [-0.25, -0.2) is 9.97 Å². The number of hydrogen-bond donors (Lipinski definition) is 2. The summed E-state index contributed by atoms with van der Waals surface area (Å²) in [6, 6.07) is 7.59. The molecule has 0 aliphatic carbocycles. The number of aromatic nitrogens is 2. The minimum atomic E-state index is -0.758. The van der Waals surface area contributed by atoms with E-state index in [4.69, 9.17) is 4.42 Å². The highest BCUT2D eigenvalue weighted by molar-refractivity contribution is 9.10. The molecule has 3 aromatic heterocycles. The van der Waals surface area contributed by atoms with Crippen molar-refractivity contribution in [2.45, 2.75) is 6.10 Å². The lowest BCUT2D eigenvalue weighted by Gasteiger charge is -2.09. The van der Waals surface area contributed by atoms with Gasteiger partial charge in [0.15, 0.2) is 0 Å². The first-order valence-electron chi connectivity index (χ1n) is 6.25. The second-order valence-electron chi connectivity index (χ2n) is 4.30. The van der Waals surface area contributed by atoms with Crippen LogP contribution in [0.4, 0.5) is 5.95 Å². The van der Waals surface area contributed by atoms with Gasteiger partial charge < -0.3 is 14.8 Å². The van der Waals surface area contributed by atoms with Crippen molar-refractivity contribution >= 4 is 33.2 Å². The number of anilines is 1. The second kappa shape index (κ2) is 6.38. The molecule has 0 radical (unpaired) electrons. The zero-order valence-corrected chi connectivity index (χ0v) is 13.3. The van der Waals surface area contributed by atoms with Crippen LogP contribution in [0.3, 0.4) is 0 Å². The normalized spacial score (nSPS) is 12.3. The Morgan fingerprint density at radius 1 is 1.29 bits per heavy atom. The summed E-state index contributed by atoms with van der Waals surface area (Å²) in [6.07, 6.45) is 2.53. The molecule has 0 spiro atoms. The third-order valence-electron chi connectivity index (χ3n) is 2.79. The molecule has 0 aliphatic rings. The fraction of sp³-hybridized carbons (Fsp3) is 0.143. The monoisotopic (exact) mass is 365 g/mol. The molecule has 0 saturated carbocycles. The Labute approximate surface area is 133 Å². The second-order valence-corrected chi connectivity index (χ2v) is 6.16. The van der Waals surface area contributed by atoms with E-state index in [0.717, 1.165) is 15.1 Å². The summed E-state index contributed by atoms with van der Waals surface area (Å²) in [5, 5.41) is 15.1. The third-order valence-corrected chi connectivity index (χ3v) is 4.09. The van der Waals surface area contributed by atoms with Crippen molar-refractivity contribution in [1.29, 1.82) is 0 Å². The van der Waals surface area contributed by atoms with E-state index in [1.807, 2.05) is 23.6 Å². The van der Waals surface area contributed by atoms with Gasteiger partial charge in [-0.1, -0.05) is 6.07 Å². The lowest BCUT2D eigenvalue weighted by molar-refractivity contribution is 0.163. The largest absolute Gasteiger partial charge is 0.457 e. The van der Waals surface area contributed by atoms with Crippen LogP contribution < -0.4 is 5.32 Å². The highest BCUT2D eigenvalue weighted by atomic mass is 79.9. The Kier molecular flexibility index (Phi) is 4.33. The molecule has 108 valence electrons. The molecule has 3 rings (SSSR count). The number of furan rings is 1. The van der Waals surface area contributed by atoms with Gasteiger partial charge in [-0.3, -0.25) is 0 Å². The quantitative estimate of drug-likeness (QED) is 0.720. The summed E-state index contributed by atoms with van der Waals surface area (Å²) < 4.78 is 6.48. The summed E-state index contributed by atoms with van der Waals surface area (Å²) in [7, 11) is 0. The van der Waals surface area contributed by atoms with E-state index in [2.05, 4.69) is 31.2 Å². The van der Waals surface area contributed by atoms with Crippen molar-refractivity contribution in [3.63, 3.8) is 0 Å². The zero-order valence-electron chi connectivity index (χ0n) is 10.9. The van der Waals surface area contributed by atoms with E-state index in [9.17, 15) is 5.11 Å². The number of nitrogens with zero attached hydrogens (tertiary/aromatic N) is 2. The fourth-order valence-corrected chi connectivity index (χ4v) is 2.67. The molecule has 21 heavy (non-hydrogen) atoms. The number of hydrogen-bond acceptors (Lipinski definition) is 6. The van der Waals surface area contributed by atoms with Crippen molar-refractivity contribution < 1.29 is 9.52 Å². The summed E-state index contributed by atoms with van der Waals surface area (Å²) in [4.78, 5) is 9.20. The summed E-state index contributed by atoms with van der Waals surface area (Å²) in [6.45, 7) is 0.277. The van der Waals surface area contributed by atoms with Gasteiger partial charge in [0.1, 0.15) is 17.6 Å². The number of aliphatic hydroxyl groups is 1. The average Bonchev–Trinajstić information content (AvgIpc) is 3.17. The van der Waals surface area contributed by atoms with Gasteiger partial charge in [0.2, 0.25) is 5.95 Å². The van der Waals surface area contributed by atoms with E-state index in [1.54, 1.807) is 29.8 Å². The first kappa shape index (κ1) is 14.2. The number of nitrogens with one attached hydrogen (secondary N) is 1. The van der Waals surface area contributed by atoms with Crippen molar-refractivity contribution in [2.24, 2.45) is 0 Å². The van der Waals surface area contributed by atoms with E-state index >= 15 is 0 Å². The molecule has 2 N–H and O–H groups in total. The lowest BCUT2D eigenvalue weighted by Crippen LogP contribution is -2.13. The van der Waals surface area contributed by atoms with Crippen molar-refractivity contribution in [3.05, 3.63) is 52.3 Å². The van der Waals surface area contributed by atoms with Crippen LogP contribution in [0.1, 0.15) is 11.9 Å². The Morgan fingerprint density at radius 3 is 2.81 bits per heavy atom. The topological polar surface area (TPSA) is 71.2 Å². The van der Waals surface area contributed by atoms with E-state index in [-0.39, 0.29) is 6.54 Å². The molecule has 3 aromatic rings. The SMILES string of the molecule is OC(CNc1ncc(Br)cn1)c1ccc(-c2cccs2)o1. The van der Waals surface area contributed by atoms with Crippen LogP contribution >= 0.6 is 27.3 Å². The average molecular weight is 366 g/mol. The van der Waals surface area contributed by atoms with E-state index in [0.29, 0.717) is 11.7 Å². The van der Waals surface area contributed by atoms with Gasteiger partial charge in [-0.15, -0.1) is 11.3 Å². The first-order chi connectivity index (χ1) is 10.2. The highest BCUT2D eigenvalue weighted by Crippen LogP contribution is 2.28. The maximum Gasteiger partial charge on any atom is 0.222 e. The predicted molar refractivity (Wildman–Crippen MR) is 85.2 cm³/mol. The van der Waals surface area contributed by atoms with Gasteiger partial charge in [-0.05, 0) is 39.5 Å². The van der Waals surface area contributed by atoms with Crippen molar-refractivity contribution in [3.8, 4) is 10.6 Å². The van der Waals surface area contributed by atoms with Crippen LogP contribution in [0.25, 0.3) is 10.6 Å². The number of rotatable bonds is 5. The van der Waals surface area contributed by atoms with Crippen LogP contribution in [0.15, 0.2) is 50.9 Å². The summed E-state index contributed by atoms with van der Waals surface area (Å²) in [5.74, 6) is 1.74. The molecule has 7 heteroatoms. The van der Waals surface area contributed by atoms with Gasteiger partial charge >= 0.3 is 0 Å². The third kappa shape index (κ3) is 3.49. The van der Waals surface area contributed by atoms with Gasteiger partial charge in [0.05, 0.1) is 15.9 Å². The Bertz CT molecular complexity index is 697. The van der Waals surface area contributed by atoms with Gasteiger partial charge in [0.25, 0.3) is 0 Å². The van der Waals surface area contributed by atoms with Gasteiger partial charge in [0, 0.05) is 12.4 Å². The van der Waals surface area contributed by atoms with Crippen LogP contribution in [0.2, 0.25) is 0 Å². The van der Waals surface area contributed by atoms with E-state index in [1.165, 1.54) is 0 Å². The predicted octanol–water partition coefficient (Wildman–Crippen LogP) is 3.71. The molecule has 1 atom stereocenters. The number of thiophene rings is 1. The zero-order chi connectivity index (χ0) is 14.7. The molecular formula is C14H12BrN3O2S. The maximum absolute atomic E-state index is 10.1. The molecule has 0 saturated heterocycles. The summed E-state index contributed by atoms with van der Waals surface area (Å²) in [5.41, 5.74) is 0. The lowest BCUT2D eigenvalue weighted by atomic mass is 10.3. The molecular weight excluding hydrogens is 354 g/mol. The Morgan fingerprint density at radius 2 is 2.10 bits per heavy atom. The number of halogens is 1. The summed E-state index contributed by atoms with van der Waals surface area (Å²) >= 11 is 4.86. The molecule has 0 bridgehead atoms. The minimum absolute atomic E-state index is 0.277. The smallest absolute Gasteiger partial charge is 0.222 e. The first-order valence-corrected chi connectivity index (χ1v) is 7.93. The molecule has 0 aromatic carbocycles. The number of aliphatic hydroxyl groups excluding tert-OH is 1. The standard InChI is InChI=1S/C14H12BrN3O2S/c15-9-6-16-14(17-7-9)18-8-10(19)11-3-4-12(20-11)13-2-1-5-21-13/h1-7,10,19H,8H2,(H,16,17,18). The minimum Gasteiger partial charge on any atom is -0.457 e. The molecule has 0 aliphatic heterocycles. The fourth-order valence-electron chi connectivity index (χ4n) is 1.78. The Hall–Kier alpha value is -1.70. The van der Waals surface area contributed by atoms with Crippen LogP contribution in [0, 0.1) is 0 Å². The highest BCUT2D eigenvalue weighted by Gasteiger charge is 2.14. The molecule has 1 unspecified atom stereocenters. The molecule has 5 nitrogen and oxygen atoms in total. The van der Waals surface area contributed by atoms with Crippen LogP contribution in [-0.2, 0) is 0 Å². The molecule has 0 fully saturated rings. The van der Waals surface area contributed by atoms with E-state index < -0.39 is 6.10 Å². The molecule has 3 heterocycles. The van der Waals surface area contributed by atoms with Gasteiger partial charge in [-0.2, -0.15) is 0 Å².